The summed E-state index contributed by atoms with van der Waals surface area (Å²) in [5, 5.41) is 21.5. The Morgan fingerprint density at radius 2 is 1.47 bits per heavy atom. The first-order valence-electron chi connectivity index (χ1n) is 3.98. The van der Waals surface area contributed by atoms with Gasteiger partial charge in [0.15, 0.2) is 0 Å². The first kappa shape index (κ1) is 13.9. The molecule has 0 radical (unpaired) electrons. The van der Waals surface area contributed by atoms with Gasteiger partial charge in [-0.1, -0.05) is 30.3 Å². The molecule has 0 aliphatic rings. The zero-order valence-corrected chi connectivity index (χ0v) is 9.64. The van der Waals surface area contributed by atoms with Gasteiger partial charge >= 0.3 is 23.1 Å². The van der Waals surface area contributed by atoms with Crippen molar-refractivity contribution in [3.8, 4) is 0 Å². The van der Waals surface area contributed by atoms with Crippen LogP contribution in [0.25, 0.3) is 0 Å². The van der Waals surface area contributed by atoms with Crippen molar-refractivity contribution in [2.45, 2.75) is 12.3 Å². The van der Waals surface area contributed by atoms with Gasteiger partial charge in [-0.05, 0) is 12.5 Å². The molecule has 0 bridgehead atoms. The van der Waals surface area contributed by atoms with Crippen molar-refractivity contribution < 1.29 is 19.8 Å². The van der Waals surface area contributed by atoms with Crippen molar-refractivity contribution in [1.82, 2.24) is 0 Å². The second-order valence-corrected chi connectivity index (χ2v) is 3.07. The third kappa shape index (κ3) is 2.48. The van der Waals surface area contributed by atoms with Crippen LogP contribution in [0.15, 0.2) is 30.3 Å². The molecule has 1 aromatic carbocycles. The van der Waals surface area contributed by atoms with Crippen LogP contribution in [0.3, 0.4) is 0 Å². The molecule has 15 heavy (non-hydrogen) atoms. The average molecular weight is 216 g/mol. The maximum absolute atomic E-state index is 10.7. The predicted molar refractivity (Wildman–Crippen MR) is 49.6 cm³/mol. The fourth-order valence-electron chi connectivity index (χ4n) is 1.09. The van der Waals surface area contributed by atoms with Gasteiger partial charge in [-0.25, -0.2) is 0 Å². The summed E-state index contributed by atoms with van der Waals surface area (Å²) in [5.41, 5.74) is -1.96. The van der Waals surface area contributed by atoms with Crippen LogP contribution in [0, 0.1) is 0 Å². The van der Waals surface area contributed by atoms with Crippen LogP contribution in [0.5, 0.6) is 0 Å². The second kappa shape index (κ2) is 5.13. The summed E-state index contributed by atoms with van der Waals surface area (Å²) in [6.45, 7) is 1.05. The fraction of sp³-hybridized carbons (Fsp3) is 0.200. The third-order valence-electron chi connectivity index (χ3n) is 2.17. The minimum absolute atomic E-state index is 0. The van der Waals surface area contributed by atoms with E-state index < -0.39 is 17.4 Å². The largest absolute Gasteiger partial charge is 2.00 e. The first-order chi connectivity index (χ1) is 6.49. The number of hydrogen-bond acceptors (Lipinski definition) is 4. The molecule has 0 spiro atoms. The normalized spacial score (nSPS) is 10.2. The summed E-state index contributed by atoms with van der Waals surface area (Å²) >= 11 is 0. The Hall–Kier alpha value is -1.07. The maximum Gasteiger partial charge on any atom is 2.00 e. The van der Waals surface area contributed by atoms with E-state index in [9.17, 15) is 19.8 Å². The zero-order valence-electron chi connectivity index (χ0n) is 8.23. The molecule has 5 heteroatoms. The van der Waals surface area contributed by atoms with Gasteiger partial charge in [-0.2, -0.15) is 0 Å². The Kier molecular flexibility index (Phi) is 4.77. The standard InChI is InChI=1S/C10H10O4.Mg/c1-10(8(11)12,9(13)14)7-5-3-2-4-6-7;/h2-6H,1H3,(H,11,12)(H,13,14);/q;+2/p-2. The molecule has 0 atom stereocenters. The molecule has 0 aliphatic carbocycles. The van der Waals surface area contributed by atoms with E-state index in [2.05, 4.69) is 0 Å². The van der Waals surface area contributed by atoms with Crippen LogP contribution in [0.1, 0.15) is 12.5 Å². The molecule has 1 rings (SSSR count). The van der Waals surface area contributed by atoms with Crippen LogP contribution in [-0.2, 0) is 15.0 Å². The van der Waals surface area contributed by atoms with Crippen molar-refractivity contribution in [1.29, 1.82) is 0 Å². The van der Waals surface area contributed by atoms with Crippen LogP contribution in [0.2, 0.25) is 0 Å². The van der Waals surface area contributed by atoms with Crippen molar-refractivity contribution in [2.75, 3.05) is 0 Å². The van der Waals surface area contributed by atoms with Crippen molar-refractivity contribution in [2.24, 2.45) is 0 Å². The van der Waals surface area contributed by atoms with Crippen molar-refractivity contribution in [3.05, 3.63) is 35.9 Å². The van der Waals surface area contributed by atoms with E-state index >= 15 is 0 Å². The van der Waals surface area contributed by atoms with Gasteiger partial charge in [-0.3, -0.25) is 0 Å². The van der Waals surface area contributed by atoms with Crippen molar-refractivity contribution in [3.63, 3.8) is 0 Å². The average Bonchev–Trinajstić information content (AvgIpc) is 2.17. The molecule has 1 aromatic rings. The summed E-state index contributed by atoms with van der Waals surface area (Å²) in [6.07, 6.45) is 0. The summed E-state index contributed by atoms with van der Waals surface area (Å²) < 4.78 is 0. The van der Waals surface area contributed by atoms with E-state index in [1.165, 1.54) is 12.1 Å². The van der Waals surface area contributed by atoms with E-state index in [1.54, 1.807) is 18.2 Å². The Labute approximate surface area is 103 Å². The van der Waals surface area contributed by atoms with Crippen LogP contribution in [0.4, 0.5) is 0 Å². The van der Waals surface area contributed by atoms with E-state index in [1.807, 2.05) is 0 Å². The number of carbonyl (C=O) groups excluding carboxylic acids is 2. The Morgan fingerprint density at radius 3 is 1.80 bits per heavy atom. The fourth-order valence-corrected chi connectivity index (χ4v) is 1.09. The quantitative estimate of drug-likeness (QED) is 0.435. The summed E-state index contributed by atoms with van der Waals surface area (Å²) in [7, 11) is 0. The van der Waals surface area contributed by atoms with E-state index in [-0.39, 0.29) is 28.6 Å². The SMILES string of the molecule is CC(C(=O)[O-])(C(=O)[O-])c1ccccc1.[Mg+2]. The second-order valence-electron chi connectivity index (χ2n) is 3.07. The smallest absolute Gasteiger partial charge is 0.549 e. The summed E-state index contributed by atoms with van der Waals surface area (Å²) in [6, 6.07) is 7.59. The molecule has 0 aromatic heterocycles. The van der Waals surface area contributed by atoms with Gasteiger partial charge in [0.1, 0.15) is 0 Å². The molecule has 0 N–H and O–H groups in total. The third-order valence-corrected chi connectivity index (χ3v) is 2.17. The Morgan fingerprint density at radius 1 is 1.07 bits per heavy atom. The summed E-state index contributed by atoms with van der Waals surface area (Å²) in [5.74, 6) is -3.35. The molecular formula is C10H8MgO4. The Bertz CT molecular complexity index is 347. The molecule has 0 unspecified atom stereocenters. The topological polar surface area (TPSA) is 80.3 Å². The van der Waals surface area contributed by atoms with Gasteiger partial charge < -0.3 is 19.8 Å². The van der Waals surface area contributed by atoms with Gasteiger partial charge in [0, 0.05) is 0 Å². The zero-order chi connectivity index (χ0) is 10.8. The number of benzene rings is 1. The number of aliphatic carboxylic acids is 2. The monoisotopic (exact) mass is 216 g/mol. The molecule has 0 heterocycles. The van der Waals surface area contributed by atoms with Crippen LogP contribution in [-0.4, -0.2) is 35.0 Å². The number of hydrogen-bond donors (Lipinski definition) is 0. The number of carboxylic acids is 2. The van der Waals surface area contributed by atoms with Crippen LogP contribution >= 0.6 is 0 Å². The molecule has 0 amide bonds. The van der Waals surface area contributed by atoms with Gasteiger partial charge in [0.2, 0.25) is 0 Å². The predicted octanol–water partition coefficient (Wildman–Crippen LogP) is -1.94. The Balaban J connectivity index is 0.00000196. The maximum atomic E-state index is 10.7. The first-order valence-corrected chi connectivity index (χ1v) is 3.98. The minimum atomic E-state index is -2.10. The molecule has 0 saturated heterocycles. The van der Waals surface area contributed by atoms with Gasteiger partial charge in [0.05, 0.1) is 17.4 Å². The molecule has 74 valence electrons. The summed E-state index contributed by atoms with van der Waals surface area (Å²) in [4.78, 5) is 21.5. The minimum Gasteiger partial charge on any atom is -0.549 e. The number of carboxylic acid groups (broad SMARTS) is 2. The van der Waals surface area contributed by atoms with Gasteiger partial charge in [0.25, 0.3) is 0 Å². The van der Waals surface area contributed by atoms with Crippen molar-refractivity contribution >= 4 is 35.0 Å². The molecule has 0 saturated carbocycles. The molecular weight excluding hydrogens is 208 g/mol. The molecule has 0 aliphatic heterocycles. The van der Waals surface area contributed by atoms with Gasteiger partial charge in [-0.15, -0.1) is 0 Å². The molecule has 0 fully saturated rings. The number of carbonyl (C=O) groups is 2. The van der Waals surface area contributed by atoms with E-state index in [0.29, 0.717) is 0 Å². The van der Waals surface area contributed by atoms with E-state index in [4.69, 9.17) is 0 Å². The van der Waals surface area contributed by atoms with Crippen LogP contribution < -0.4 is 10.2 Å². The van der Waals surface area contributed by atoms with E-state index in [0.717, 1.165) is 6.92 Å². The molecule has 4 nitrogen and oxygen atoms in total. The number of rotatable bonds is 3.